The van der Waals surface area contributed by atoms with Crippen LogP contribution in [0.2, 0.25) is 10.3 Å². The Kier molecular flexibility index (Phi) is 7.22. The molecular formula is C9H13Cl3N2O. The molecule has 0 aliphatic rings. The lowest BCUT2D eigenvalue weighted by Gasteiger charge is -2.12. The summed E-state index contributed by atoms with van der Waals surface area (Å²) >= 11 is 11.5. The van der Waals surface area contributed by atoms with Gasteiger partial charge in [-0.2, -0.15) is 0 Å². The van der Waals surface area contributed by atoms with Gasteiger partial charge in [0.15, 0.2) is 0 Å². The summed E-state index contributed by atoms with van der Waals surface area (Å²) in [4.78, 5) is 3.89. The van der Waals surface area contributed by atoms with Crippen LogP contribution in [-0.2, 0) is 0 Å². The molecule has 3 N–H and O–H groups in total. The number of hydrogen-bond acceptors (Lipinski definition) is 3. The molecule has 0 spiro atoms. The van der Waals surface area contributed by atoms with Gasteiger partial charge in [0.05, 0.1) is 0 Å². The first-order valence-corrected chi connectivity index (χ1v) is 5.09. The molecular weight excluding hydrogens is 258 g/mol. The number of pyridine rings is 1. The molecule has 0 bridgehead atoms. The molecule has 0 aromatic carbocycles. The third-order valence-electron chi connectivity index (χ3n) is 1.92. The molecule has 15 heavy (non-hydrogen) atoms. The normalized spacial score (nSPS) is 12.0. The summed E-state index contributed by atoms with van der Waals surface area (Å²) in [5.74, 6) is 0. The Labute approximate surface area is 105 Å². The van der Waals surface area contributed by atoms with Crippen molar-refractivity contribution in [2.75, 3.05) is 6.61 Å². The number of rotatable bonds is 4. The van der Waals surface area contributed by atoms with Gasteiger partial charge in [-0.25, -0.2) is 4.98 Å². The van der Waals surface area contributed by atoms with E-state index in [0.717, 1.165) is 5.56 Å². The SMILES string of the molecule is Cl.N[C@@H](CCCO)c1ccc(Cl)nc1Cl. The number of nitrogens with two attached hydrogens (primary N) is 1. The summed E-state index contributed by atoms with van der Waals surface area (Å²) in [6.45, 7) is 0.131. The zero-order chi connectivity index (χ0) is 10.6. The monoisotopic (exact) mass is 270 g/mol. The van der Waals surface area contributed by atoms with Crippen LogP contribution in [0.4, 0.5) is 0 Å². The van der Waals surface area contributed by atoms with E-state index in [4.69, 9.17) is 34.0 Å². The largest absolute Gasteiger partial charge is 0.396 e. The van der Waals surface area contributed by atoms with Gasteiger partial charge in [-0.3, -0.25) is 0 Å². The number of nitrogens with zero attached hydrogens (tertiary/aromatic N) is 1. The van der Waals surface area contributed by atoms with Crippen molar-refractivity contribution in [1.82, 2.24) is 4.98 Å². The Morgan fingerprint density at radius 3 is 2.60 bits per heavy atom. The molecule has 0 aliphatic heterocycles. The molecule has 1 heterocycles. The van der Waals surface area contributed by atoms with Crippen LogP contribution in [-0.4, -0.2) is 16.7 Å². The van der Waals surface area contributed by atoms with Crippen molar-refractivity contribution in [3.8, 4) is 0 Å². The summed E-state index contributed by atoms with van der Waals surface area (Å²) in [5, 5.41) is 9.34. The van der Waals surface area contributed by atoms with Gasteiger partial charge in [-0.05, 0) is 18.9 Å². The first-order valence-electron chi connectivity index (χ1n) is 4.33. The fraction of sp³-hybridized carbons (Fsp3) is 0.444. The second-order valence-electron chi connectivity index (χ2n) is 2.99. The first kappa shape index (κ1) is 14.9. The number of hydrogen-bond donors (Lipinski definition) is 2. The fourth-order valence-corrected chi connectivity index (χ4v) is 1.65. The highest BCUT2D eigenvalue weighted by Gasteiger charge is 2.10. The van der Waals surface area contributed by atoms with Crippen LogP contribution in [0, 0.1) is 0 Å². The Morgan fingerprint density at radius 1 is 1.40 bits per heavy atom. The van der Waals surface area contributed by atoms with E-state index >= 15 is 0 Å². The van der Waals surface area contributed by atoms with Crippen molar-refractivity contribution in [2.45, 2.75) is 18.9 Å². The van der Waals surface area contributed by atoms with Gasteiger partial charge in [0.25, 0.3) is 0 Å². The highest BCUT2D eigenvalue weighted by molar-refractivity contribution is 6.32. The van der Waals surface area contributed by atoms with Crippen LogP contribution < -0.4 is 5.73 Å². The molecule has 0 saturated carbocycles. The molecule has 1 rings (SSSR count). The van der Waals surface area contributed by atoms with Crippen LogP contribution in [0.1, 0.15) is 24.4 Å². The second kappa shape index (κ2) is 7.25. The van der Waals surface area contributed by atoms with E-state index in [9.17, 15) is 0 Å². The van der Waals surface area contributed by atoms with Gasteiger partial charge in [0.1, 0.15) is 10.3 Å². The quantitative estimate of drug-likeness (QED) is 0.828. The Hall–Kier alpha value is -0.0600. The van der Waals surface area contributed by atoms with Crippen LogP contribution in [0.25, 0.3) is 0 Å². The molecule has 0 unspecified atom stereocenters. The molecule has 3 nitrogen and oxygen atoms in total. The van der Waals surface area contributed by atoms with Crippen LogP contribution in [0.15, 0.2) is 12.1 Å². The molecule has 1 atom stereocenters. The Balaban J connectivity index is 0.00000196. The lowest BCUT2D eigenvalue weighted by Crippen LogP contribution is -2.11. The summed E-state index contributed by atoms with van der Waals surface area (Å²) in [7, 11) is 0. The Bertz CT molecular complexity index is 309. The molecule has 6 heteroatoms. The molecule has 0 amide bonds. The van der Waals surface area contributed by atoms with Gasteiger partial charge < -0.3 is 10.8 Å². The standard InChI is InChI=1S/C9H12Cl2N2O.ClH/c10-8-4-3-6(9(11)13-8)7(12)2-1-5-14;/h3-4,7,14H,1-2,5,12H2;1H/t7-;/m0./s1. The number of aromatic nitrogens is 1. The van der Waals surface area contributed by atoms with E-state index in [2.05, 4.69) is 4.98 Å². The van der Waals surface area contributed by atoms with Gasteiger partial charge >= 0.3 is 0 Å². The maximum Gasteiger partial charge on any atom is 0.135 e. The minimum atomic E-state index is -0.195. The maximum atomic E-state index is 8.65. The summed E-state index contributed by atoms with van der Waals surface area (Å²) in [6.07, 6.45) is 1.33. The fourth-order valence-electron chi connectivity index (χ4n) is 1.17. The summed E-state index contributed by atoms with van der Waals surface area (Å²) in [5.41, 5.74) is 6.62. The molecule has 0 saturated heterocycles. The van der Waals surface area contributed by atoms with Crippen LogP contribution in [0.3, 0.4) is 0 Å². The smallest absolute Gasteiger partial charge is 0.135 e. The minimum absolute atomic E-state index is 0. The van der Waals surface area contributed by atoms with Crippen LogP contribution >= 0.6 is 35.6 Å². The average Bonchev–Trinajstić information content (AvgIpc) is 2.14. The number of aliphatic hydroxyl groups excluding tert-OH is 1. The topological polar surface area (TPSA) is 59.1 Å². The lowest BCUT2D eigenvalue weighted by molar-refractivity contribution is 0.280. The van der Waals surface area contributed by atoms with E-state index in [-0.39, 0.29) is 25.1 Å². The third-order valence-corrected chi connectivity index (χ3v) is 2.43. The van der Waals surface area contributed by atoms with Crippen molar-refractivity contribution >= 4 is 35.6 Å². The lowest BCUT2D eigenvalue weighted by atomic mass is 10.1. The summed E-state index contributed by atoms with van der Waals surface area (Å²) in [6, 6.07) is 3.22. The maximum absolute atomic E-state index is 8.65. The predicted octanol–water partition coefficient (Wildman–Crippen LogP) is 2.58. The second-order valence-corrected chi connectivity index (χ2v) is 3.73. The first-order chi connectivity index (χ1) is 6.65. The molecule has 1 aromatic rings. The van der Waals surface area contributed by atoms with E-state index in [0.29, 0.717) is 23.1 Å². The zero-order valence-electron chi connectivity index (χ0n) is 7.99. The molecule has 1 aromatic heterocycles. The van der Waals surface area contributed by atoms with E-state index in [1.165, 1.54) is 0 Å². The average molecular weight is 272 g/mol. The molecule has 0 fully saturated rings. The number of halogens is 3. The van der Waals surface area contributed by atoms with Crippen molar-refractivity contribution in [3.05, 3.63) is 28.0 Å². The van der Waals surface area contributed by atoms with Crippen molar-refractivity contribution in [3.63, 3.8) is 0 Å². The van der Waals surface area contributed by atoms with Gasteiger partial charge in [-0.15, -0.1) is 12.4 Å². The van der Waals surface area contributed by atoms with Gasteiger partial charge in [-0.1, -0.05) is 29.3 Å². The molecule has 0 radical (unpaired) electrons. The summed E-state index contributed by atoms with van der Waals surface area (Å²) < 4.78 is 0. The van der Waals surface area contributed by atoms with E-state index < -0.39 is 0 Å². The van der Waals surface area contributed by atoms with E-state index in [1.54, 1.807) is 12.1 Å². The van der Waals surface area contributed by atoms with Crippen molar-refractivity contribution in [2.24, 2.45) is 5.73 Å². The number of aliphatic hydroxyl groups is 1. The van der Waals surface area contributed by atoms with Crippen molar-refractivity contribution < 1.29 is 5.11 Å². The Morgan fingerprint density at radius 2 is 2.07 bits per heavy atom. The zero-order valence-corrected chi connectivity index (χ0v) is 10.3. The van der Waals surface area contributed by atoms with E-state index in [1.807, 2.05) is 0 Å². The third kappa shape index (κ3) is 4.53. The predicted molar refractivity (Wildman–Crippen MR) is 64.8 cm³/mol. The van der Waals surface area contributed by atoms with Crippen LogP contribution in [0.5, 0.6) is 0 Å². The van der Waals surface area contributed by atoms with Gasteiger partial charge in [0.2, 0.25) is 0 Å². The molecule has 0 aliphatic carbocycles. The molecule has 86 valence electrons. The highest BCUT2D eigenvalue weighted by atomic mass is 35.5. The minimum Gasteiger partial charge on any atom is -0.396 e. The van der Waals surface area contributed by atoms with Gasteiger partial charge in [0, 0.05) is 18.2 Å². The van der Waals surface area contributed by atoms with Crippen molar-refractivity contribution in [1.29, 1.82) is 0 Å². The highest BCUT2D eigenvalue weighted by Crippen LogP contribution is 2.24.